The summed E-state index contributed by atoms with van der Waals surface area (Å²) in [5, 5.41) is 0. The summed E-state index contributed by atoms with van der Waals surface area (Å²) >= 11 is 0. The zero-order valence-electron chi connectivity index (χ0n) is 16.9. The van der Waals surface area contributed by atoms with Crippen LogP contribution >= 0.6 is 0 Å². The second-order valence-electron chi connectivity index (χ2n) is 7.32. The number of fused-ring (bicyclic) bond motifs is 2. The molecule has 0 aliphatic rings. The molecule has 0 N–H and O–H groups in total. The van der Waals surface area contributed by atoms with Crippen LogP contribution in [0.3, 0.4) is 0 Å². The number of hydrogen-bond donors (Lipinski definition) is 0. The molecule has 0 radical (unpaired) electrons. The molecule has 0 saturated carbocycles. The Morgan fingerprint density at radius 2 is 1.63 bits per heavy atom. The molecule has 0 spiro atoms. The molecule has 30 heavy (non-hydrogen) atoms. The van der Waals surface area contributed by atoms with Gasteiger partial charge in [-0.15, -0.1) is 0 Å². The minimum absolute atomic E-state index is 0.0270. The molecule has 0 aliphatic carbocycles. The van der Waals surface area contributed by atoms with Crippen molar-refractivity contribution in [1.82, 2.24) is 28.7 Å². The van der Waals surface area contributed by atoms with Gasteiger partial charge in [-0.05, 0) is 62.4 Å². The van der Waals surface area contributed by atoms with Gasteiger partial charge in [-0.25, -0.2) is 19.3 Å². The van der Waals surface area contributed by atoms with E-state index >= 15 is 0 Å². The minimum atomic E-state index is -0.117. The van der Waals surface area contributed by atoms with Gasteiger partial charge >= 0.3 is 11.7 Å². The van der Waals surface area contributed by atoms with E-state index in [0.717, 1.165) is 22.4 Å². The lowest BCUT2D eigenvalue weighted by Gasteiger charge is -2.07. The van der Waals surface area contributed by atoms with Gasteiger partial charge in [0.25, 0.3) is 0 Å². The number of imidazole rings is 2. The lowest BCUT2D eigenvalue weighted by atomic mass is 10.3. The van der Waals surface area contributed by atoms with Crippen molar-refractivity contribution >= 4 is 22.3 Å². The second kappa shape index (κ2) is 6.84. The summed E-state index contributed by atoms with van der Waals surface area (Å²) in [6.45, 7) is 3.97. The van der Waals surface area contributed by atoms with E-state index in [2.05, 4.69) is 15.0 Å². The topological polar surface area (TPSA) is 79.8 Å². The van der Waals surface area contributed by atoms with Crippen molar-refractivity contribution in [1.29, 1.82) is 0 Å². The summed E-state index contributed by atoms with van der Waals surface area (Å²) in [5.41, 5.74) is 3.57. The van der Waals surface area contributed by atoms with E-state index < -0.39 is 0 Å². The quantitative estimate of drug-likeness (QED) is 0.458. The van der Waals surface area contributed by atoms with Crippen LogP contribution in [-0.2, 0) is 7.05 Å². The Morgan fingerprint density at radius 1 is 0.933 bits per heavy atom. The summed E-state index contributed by atoms with van der Waals surface area (Å²) in [5.74, 6) is 0.616. The van der Waals surface area contributed by atoms with Gasteiger partial charge in [0.15, 0.2) is 11.3 Å². The zero-order valence-corrected chi connectivity index (χ0v) is 16.9. The van der Waals surface area contributed by atoms with E-state index in [1.807, 2.05) is 69.4 Å². The van der Waals surface area contributed by atoms with E-state index in [9.17, 15) is 4.79 Å². The lowest BCUT2D eigenvalue weighted by Crippen LogP contribution is -2.24. The number of aryl methyl sites for hydroxylation is 1. The standard InChI is InChI=1S/C22H20N6O2/c1-14(2)27-18-7-5-13-24-20(18)28(22(27)29)15-8-10-16(11-9-15)30-21-25-17-6-4-12-23-19(17)26(21)3/h4-14H,1-3H3. The predicted molar refractivity (Wildman–Crippen MR) is 114 cm³/mol. The highest BCUT2D eigenvalue weighted by atomic mass is 16.5. The molecule has 5 aromatic rings. The van der Waals surface area contributed by atoms with Crippen LogP contribution in [-0.4, -0.2) is 28.7 Å². The molecule has 0 unspecified atom stereocenters. The van der Waals surface area contributed by atoms with Crippen molar-refractivity contribution in [3.8, 4) is 17.4 Å². The molecule has 5 rings (SSSR count). The fourth-order valence-electron chi connectivity index (χ4n) is 3.64. The normalized spacial score (nSPS) is 11.6. The van der Waals surface area contributed by atoms with Gasteiger partial charge in [-0.1, -0.05) is 0 Å². The van der Waals surface area contributed by atoms with Gasteiger partial charge in [0, 0.05) is 25.5 Å². The third-order valence-corrected chi connectivity index (χ3v) is 5.04. The maximum atomic E-state index is 13.1. The van der Waals surface area contributed by atoms with E-state index in [1.165, 1.54) is 0 Å². The Morgan fingerprint density at radius 3 is 2.33 bits per heavy atom. The third kappa shape index (κ3) is 2.76. The first-order chi connectivity index (χ1) is 14.5. The maximum Gasteiger partial charge on any atom is 0.335 e. The first kappa shape index (κ1) is 18.1. The van der Waals surface area contributed by atoms with Crippen LogP contribution in [0.1, 0.15) is 19.9 Å². The Hall–Kier alpha value is -3.94. The molecular weight excluding hydrogens is 380 g/mol. The van der Waals surface area contributed by atoms with Crippen LogP contribution in [0.4, 0.5) is 0 Å². The first-order valence-corrected chi connectivity index (χ1v) is 9.68. The number of aromatic nitrogens is 6. The highest BCUT2D eigenvalue weighted by Crippen LogP contribution is 2.25. The van der Waals surface area contributed by atoms with Crippen LogP contribution in [0.5, 0.6) is 11.8 Å². The molecule has 8 nitrogen and oxygen atoms in total. The molecular formula is C22H20N6O2. The number of pyridine rings is 2. The smallest absolute Gasteiger partial charge is 0.335 e. The monoisotopic (exact) mass is 400 g/mol. The number of rotatable bonds is 4. The van der Waals surface area contributed by atoms with Crippen molar-refractivity contribution in [2.24, 2.45) is 7.05 Å². The van der Waals surface area contributed by atoms with Crippen LogP contribution in [0, 0.1) is 0 Å². The Balaban J connectivity index is 1.54. The molecule has 0 aliphatic heterocycles. The fourth-order valence-corrected chi connectivity index (χ4v) is 3.64. The van der Waals surface area contributed by atoms with Gasteiger partial charge in [-0.3, -0.25) is 9.13 Å². The summed E-state index contributed by atoms with van der Waals surface area (Å²) in [4.78, 5) is 26.3. The van der Waals surface area contributed by atoms with Crippen LogP contribution < -0.4 is 10.4 Å². The molecule has 0 saturated heterocycles. The molecule has 150 valence electrons. The van der Waals surface area contributed by atoms with Crippen LogP contribution in [0.15, 0.2) is 65.7 Å². The Labute approximate surface area is 172 Å². The molecule has 0 bridgehead atoms. The first-order valence-electron chi connectivity index (χ1n) is 9.68. The average Bonchev–Trinajstić information content (AvgIpc) is 3.22. The molecule has 0 amide bonds. The molecule has 4 aromatic heterocycles. The minimum Gasteiger partial charge on any atom is -0.425 e. The fraction of sp³-hybridized carbons (Fsp3) is 0.182. The Kier molecular flexibility index (Phi) is 4.13. The summed E-state index contributed by atoms with van der Waals surface area (Å²) in [6, 6.07) is 15.3. The largest absolute Gasteiger partial charge is 0.425 e. The average molecular weight is 400 g/mol. The number of benzene rings is 1. The number of nitrogens with zero attached hydrogens (tertiary/aromatic N) is 6. The molecule has 1 aromatic carbocycles. The van der Waals surface area contributed by atoms with Gasteiger partial charge < -0.3 is 4.74 Å². The van der Waals surface area contributed by atoms with Crippen LogP contribution in [0.25, 0.3) is 28.0 Å². The van der Waals surface area contributed by atoms with Gasteiger partial charge in [0.1, 0.15) is 11.3 Å². The van der Waals surface area contributed by atoms with Crippen LogP contribution in [0.2, 0.25) is 0 Å². The Bertz CT molecular complexity index is 1430. The summed E-state index contributed by atoms with van der Waals surface area (Å²) < 4.78 is 11.1. The zero-order chi connectivity index (χ0) is 20.8. The van der Waals surface area contributed by atoms with E-state index in [4.69, 9.17) is 4.74 Å². The SMILES string of the molecule is CC(C)n1c(=O)n(-c2ccc(Oc3nc4cccnc4n3C)cc2)c2ncccc21. The molecule has 8 heteroatoms. The summed E-state index contributed by atoms with van der Waals surface area (Å²) in [6.07, 6.45) is 3.42. The highest BCUT2D eigenvalue weighted by molar-refractivity contribution is 5.74. The van der Waals surface area contributed by atoms with Crippen molar-refractivity contribution in [3.63, 3.8) is 0 Å². The summed E-state index contributed by atoms with van der Waals surface area (Å²) in [7, 11) is 1.86. The predicted octanol–water partition coefficient (Wildman–Crippen LogP) is 3.84. The van der Waals surface area contributed by atoms with Crippen molar-refractivity contribution in [2.75, 3.05) is 0 Å². The van der Waals surface area contributed by atoms with E-state index in [-0.39, 0.29) is 11.7 Å². The molecule has 0 atom stereocenters. The number of ether oxygens (including phenoxy) is 1. The van der Waals surface area contributed by atoms with Crippen molar-refractivity contribution in [2.45, 2.75) is 19.9 Å². The highest BCUT2D eigenvalue weighted by Gasteiger charge is 2.17. The second-order valence-corrected chi connectivity index (χ2v) is 7.32. The van der Waals surface area contributed by atoms with Gasteiger partial charge in [-0.2, -0.15) is 4.98 Å². The molecule has 0 fully saturated rings. The van der Waals surface area contributed by atoms with Gasteiger partial charge in [0.2, 0.25) is 0 Å². The molecule has 4 heterocycles. The maximum absolute atomic E-state index is 13.1. The van der Waals surface area contributed by atoms with E-state index in [1.54, 1.807) is 26.1 Å². The van der Waals surface area contributed by atoms with Crippen molar-refractivity contribution < 1.29 is 4.74 Å². The number of hydrogen-bond acceptors (Lipinski definition) is 5. The van der Waals surface area contributed by atoms with Crippen molar-refractivity contribution in [3.05, 3.63) is 71.4 Å². The van der Waals surface area contributed by atoms with E-state index in [0.29, 0.717) is 17.4 Å². The lowest BCUT2D eigenvalue weighted by molar-refractivity contribution is 0.427. The third-order valence-electron chi connectivity index (χ3n) is 5.04. The van der Waals surface area contributed by atoms with Gasteiger partial charge in [0.05, 0.1) is 11.2 Å².